The first kappa shape index (κ1) is 11.7. The van der Waals surface area contributed by atoms with Crippen molar-refractivity contribution in [3.8, 4) is 0 Å². The monoisotopic (exact) mass is 238 g/mol. The smallest absolute Gasteiger partial charge is 0.178 e. The van der Waals surface area contributed by atoms with Gasteiger partial charge >= 0.3 is 0 Å². The summed E-state index contributed by atoms with van der Waals surface area (Å²) >= 11 is 0. The quantitative estimate of drug-likeness (QED) is 0.679. The summed E-state index contributed by atoms with van der Waals surface area (Å²) in [5.74, 6) is -0.282. The van der Waals surface area contributed by atoms with Gasteiger partial charge < -0.3 is 0 Å². The van der Waals surface area contributed by atoms with Crippen LogP contribution in [0.25, 0.3) is 0 Å². The molecule has 1 atom stereocenters. The van der Waals surface area contributed by atoms with E-state index in [1.54, 1.807) is 6.92 Å². The highest BCUT2D eigenvalue weighted by molar-refractivity contribution is 8.02. The van der Waals surface area contributed by atoms with Gasteiger partial charge in [-0.15, -0.1) is 0 Å². The van der Waals surface area contributed by atoms with Crippen molar-refractivity contribution < 1.29 is 16.8 Å². The van der Waals surface area contributed by atoms with Gasteiger partial charge in [-0.25, -0.2) is 16.8 Å². The highest BCUT2D eigenvalue weighted by Gasteiger charge is 2.38. The summed E-state index contributed by atoms with van der Waals surface area (Å²) in [6, 6.07) is 0. The maximum atomic E-state index is 11.6. The van der Waals surface area contributed by atoms with Crippen molar-refractivity contribution in [2.45, 2.75) is 32.4 Å². The molecule has 0 saturated heterocycles. The molecule has 0 spiro atoms. The predicted molar refractivity (Wildman–Crippen MR) is 55.2 cm³/mol. The molecule has 0 saturated carbocycles. The van der Waals surface area contributed by atoms with Crippen LogP contribution in [0.5, 0.6) is 0 Å². The Morgan fingerprint density at radius 1 is 1.29 bits per heavy atom. The SMILES string of the molecule is CCC1=C(C)S(=O)(=O)C(C)CS1(=O)=O. The van der Waals surface area contributed by atoms with E-state index in [2.05, 4.69) is 0 Å². The Hall–Kier alpha value is -0.360. The van der Waals surface area contributed by atoms with E-state index in [1.165, 1.54) is 13.8 Å². The van der Waals surface area contributed by atoms with Crippen LogP contribution in [0.2, 0.25) is 0 Å². The van der Waals surface area contributed by atoms with Crippen LogP contribution in [0.15, 0.2) is 9.81 Å². The lowest BCUT2D eigenvalue weighted by atomic mass is 10.4. The number of sulfone groups is 2. The molecule has 1 aliphatic rings. The van der Waals surface area contributed by atoms with E-state index in [1.807, 2.05) is 0 Å². The maximum absolute atomic E-state index is 11.6. The second-order valence-corrected chi connectivity index (χ2v) is 8.03. The lowest BCUT2D eigenvalue weighted by Crippen LogP contribution is -2.34. The van der Waals surface area contributed by atoms with E-state index < -0.39 is 24.9 Å². The Balaban J connectivity index is 3.56. The molecule has 0 bridgehead atoms. The van der Waals surface area contributed by atoms with Crippen molar-refractivity contribution in [2.24, 2.45) is 0 Å². The molecule has 0 aliphatic carbocycles. The number of rotatable bonds is 1. The first-order chi connectivity index (χ1) is 6.23. The van der Waals surface area contributed by atoms with Crippen LogP contribution in [0.3, 0.4) is 0 Å². The van der Waals surface area contributed by atoms with Gasteiger partial charge in [0.05, 0.1) is 20.8 Å². The average molecular weight is 238 g/mol. The molecule has 0 radical (unpaired) electrons. The highest BCUT2D eigenvalue weighted by atomic mass is 32.2. The average Bonchev–Trinajstić information content (AvgIpc) is 2.01. The Bertz CT molecular complexity index is 467. The van der Waals surface area contributed by atoms with Crippen LogP contribution in [-0.4, -0.2) is 27.8 Å². The van der Waals surface area contributed by atoms with Gasteiger partial charge in [-0.1, -0.05) is 6.92 Å². The number of allylic oxidation sites excluding steroid dienone is 2. The van der Waals surface area contributed by atoms with Crippen molar-refractivity contribution in [2.75, 3.05) is 5.75 Å². The second-order valence-electron chi connectivity index (χ2n) is 3.47. The van der Waals surface area contributed by atoms with E-state index in [-0.39, 0.29) is 22.0 Å². The van der Waals surface area contributed by atoms with Crippen LogP contribution < -0.4 is 0 Å². The summed E-state index contributed by atoms with van der Waals surface area (Å²) in [4.78, 5) is 0.106. The van der Waals surface area contributed by atoms with Crippen molar-refractivity contribution in [1.29, 1.82) is 0 Å². The van der Waals surface area contributed by atoms with E-state index in [0.29, 0.717) is 0 Å². The Labute approximate surface area is 84.8 Å². The lowest BCUT2D eigenvalue weighted by molar-refractivity contribution is 0.578. The largest absolute Gasteiger partial charge is 0.224 e. The topological polar surface area (TPSA) is 68.3 Å². The fraction of sp³-hybridized carbons (Fsp3) is 0.750. The zero-order chi connectivity index (χ0) is 11.1. The van der Waals surface area contributed by atoms with Crippen molar-refractivity contribution in [1.82, 2.24) is 0 Å². The summed E-state index contributed by atoms with van der Waals surface area (Å²) < 4.78 is 46.5. The minimum absolute atomic E-state index is 0.0266. The maximum Gasteiger partial charge on any atom is 0.178 e. The standard InChI is InChI=1S/C8H14O4S2/c1-4-8-7(3)14(11,12)6(2)5-13(8,9)10/h6H,4-5H2,1-3H3. The predicted octanol–water partition coefficient (Wildman–Crippen LogP) is 0.860. The highest BCUT2D eigenvalue weighted by Crippen LogP contribution is 2.30. The summed E-state index contributed by atoms with van der Waals surface area (Å²) in [7, 11) is -6.71. The fourth-order valence-corrected chi connectivity index (χ4v) is 6.39. The zero-order valence-electron chi connectivity index (χ0n) is 8.44. The van der Waals surface area contributed by atoms with Crippen LogP contribution in [0.4, 0.5) is 0 Å². The van der Waals surface area contributed by atoms with Crippen LogP contribution in [0, 0.1) is 0 Å². The summed E-state index contributed by atoms with van der Waals surface area (Å²) in [6.07, 6.45) is 0.250. The molecule has 0 aromatic rings. The van der Waals surface area contributed by atoms with Crippen molar-refractivity contribution in [3.05, 3.63) is 9.81 Å². The molecule has 1 rings (SSSR count). The van der Waals surface area contributed by atoms with Gasteiger partial charge in [0.15, 0.2) is 19.7 Å². The molecule has 6 heteroatoms. The van der Waals surface area contributed by atoms with E-state index in [9.17, 15) is 16.8 Å². The molecule has 82 valence electrons. The van der Waals surface area contributed by atoms with Gasteiger partial charge in [0.25, 0.3) is 0 Å². The van der Waals surface area contributed by atoms with Gasteiger partial charge in [0.2, 0.25) is 0 Å². The van der Waals surface area contributed by atoms with Crippen LogP contribution in [0.1, 0.15) is 27.2 Å². The molecule has 0 amide bonds. The first-order valence-corrected chi connectivity index (χ1v) is 7.59. The second kappa shape index (κ2) is 3.34. The molecule has 1 aliphatic heterocycles. The zero-order valence-corrected chi connectivity index (χ0v) is 10.1. The van der Waals surface area contributed by atoms with Gasteiger partial charge in [-0.3, -0.25) is 0 Å². The van der Waals surface area contributed by atoms with Gasteiger partial charge in [-0.2, -0.15) is 0 Å². The molecule has 0 aromatic heterocycles. The molecule has 0 N–H and O–H groups in total. The van der Waals surface area contributed by atoms with E-state index in [0.717, 1.165) is 0 Å². The molecule has 14 heavy (non-hydrogen) atoms. The normalized spacial score (nSPS) is 30.4. The first-order valence-electron chi connectivity index (χ1n) is 4.40. The lowest BCUT2D eigenvalue weighted by Gasteiger charge is -2.22. The van der Waals surface area contributed by atoms with Gasteiger partial charge in [-0.05, 0) is 20.3 Å². The minimum atomic E-state index is -3.37. The Kier molecular flexibility index (Phi) is 2.80. The number of hydrogen-bond donors (Lipinski definition) is 0. The Morgan fingerprint density at radius 3 is 2.21 bits per heavy atom. The molecule has 1 heterocycles. The van der Waals surface area contributed by atoms with Gasteiger partial charge in [0.1, 0.15) is 0 Å². The molecular weight excluding hydrogens is 224 g/mol. The third-order valence-corrected chi connectivity index (χ3v) is 7.45. The van der Waals surface area contributed by atoms with Gasteiger partial charge in [0, 0.05) is 0 Å². The molecule has 4 nitrogen and oxygen atoms in total. The van der Waals surface area contributed by atoms with E-state index >= 15 is 0 Å². The molecular formula is C8H14O4S2. The summed E-state index contributed by atoms with van der Waals surface area (Å²) in [5.41, 5.74) is 0. The number of hydrogen-bond acceptors (Lipinski definition) is 4. The molecule has 0 aromatic carbocycles. The minimum Gasteiger partial charge on any atom is -0.224 e. The third-order valence-electron chi connectivity index (χ3n) is 2.50. The molecule has 0 fully saturated rings. The van der Waals surface area contributed by atoms with E-state index in [4.69, 9.17) is 0 Å². The Morgan fingerprint density at radius 2 is 1.79 bits per heavy atom. The third kappa shape index (κ3) is 1.61. The molecule has 1 unspecified atom stereocenters. The van der Waals surface area contributed by atoms with Crippen LogP contribution >= 0.6 is 0 Å². The summed E-state index contributed by atoms with van der Waals surface area (Å²) in [5, 5.41) is -0.817. The summed E-state index contributed by atoms with van der Waals surface area (Å²) in [6.45, 7) is 4.46. The van der Waals surface area contributed by atoms with Crippen molar-refractivity contribution >= 4 is 19.7 Å². The van der Waals surface area contributed by atoms with Crippen molar-refractivity contribution in [3.63, 3.8) is 0 Å². The fourth-order valence-electron chi connectivity index (χ4n) is 1.65. The van der Waals surface area contributed by atoms with Crippen LogP contribution in [-0.2, 0) is 19.7 Å².